The Morgan fingerprint density at radius 3 is 2.62 bits per heavy atom. The van der Waals surface area contributed by atoms with Crippen LogP contribution in [0.4, 0.5) is 0 Å². The standard InChI is InChI=1S/C21H35N5O3/c1-3-22-20(25-16-21(2,28)17-26-11-13-29-14-12-26)24-15-19(27)23-10-9-18-7-5-4-6-8-18/h4-8,28H,3,9-17H2,1-2H3,(H,23,27)(H2,22,24,25). The van der Waals surface area contributed by atoms with E-state index in [9.17, 15) is 9.90 Å². The minimum Gasteiger partial charge on any atom is -0.387 e. The molecule has 2 rings (SSSR count). The van der Waals surface area contributed by atoms with Crippen molar-refractivity contribution < 1.29 is 14.6 Å². The number of aliphatic imine (C=N–C) groups is 1. The Hall–Kier alpha value is -2.16. The van der Waals surface area contributed by atoms with E-state index in [1.165, 1.54) is 5.56 Å². The number of hydrogen-bond acceptors (Lipinski definition) is 5. The lowest BCUT2D eigenvalue weighted by atomic mass is 10.1. The van der Waals surface area contributed by atoms with Crippen LogP contribution in [-0.4, -0.2) is 86.5 Å². The van der Waals surface area contributed by atoms with Crippen LogP contribution in [0, 0.1) is 0 Å². The molecule has 1 atom stereocenters. The van der Waals surface area contributed by atoms with Crippen molar-refractivity contribution in [1.29, 1.82) is 0 Å². The van der Waals surface area contributed by atoms with Gasteiger partial charge in [0.15, 0.2) is 5.96 Å². The van der Waals surface area contributed by atoms with E-state index in [0.717, 1.165) is 19.5 Å². The average molecular weight is 406 g/mol. The Kier molecular flexibility index (Phi) is 9.90. The molecule has 1 aliphatic heterocycles. The molecule has 8 nitrogen and oxygen atoms in total. The number of morpholine rings is 1. The van der Waals surface area contributed by atoms with E-state index in [2.05, 4.69) is 25.8 Å². The minimum atomic E-state index is -0.911. The fraction of sp³-hybridized carbons (Fsp3) is 0.619. The van der Waals surface area contributed by atoms with Crippen molar-refractivity contribution in [1.82, 2.24) is 20.9 Å². The minimum absolute atomic E-state index is 0.0374. The number of ether oxygens (including phenoxy) is 1. The van der Waals surface area contributed by atoms with Gasteiger partial charge in [0.25, 0.3) is 0 Å². The SMILES string of the molecule is CCNC(=NCC(=O)NCCc1ccccc1)NCC(C)(O)CN1CCOCC1. The maximum Gasteiger partial charge on any atom is 0.241 e. The van der Waals surface area contributed by atoms with Crippen molar-refractivity contribution >= 4 is 11.9 Å². The molecule has 1 aromatic carbocycles. The predicted molar refractivity (Wildman–Crippen MR) is 115 cm³/mol. The topological polar surface area (TPSA) is 98.2 Å². The second-order valence-corrected chi connectivity index (χ2v) is 7.52. The maximum absolute atomic E-state index is 12.1. The number of guanidine groups is 1. The van der Waals surface area contributed by atoms with Gasteiger partial charge in [-0.15, -0.1) is 0 Å². The van der Waals surface area contributed by atoms with Crippen molar-refractivity contribution in [3.8, 4) is 0 Å². The molecule has 1 unspecified atom stereocenters. The van der Waals surface area contributed by atoms with Gasteiger partial charge in [0.05, 0.1) is 18.8 Å². The lowest BCUT2D eigenvalue weighted by molar-refractivity contribution is -0.119. The van der Waals surface area contributed by atoms with Crippen LogP contribution < -0.4 is 16.0 Å². The zero-order valence-electron chi connectivity index (χ0n) is 17.6. The molecule has 29 heavy (non-hydrogen) atoms. The Morgan fingerprint density at radius 1 is 1.21 bits per heavy atom. The third-order valence-corrected chi connectivity index (χ3v) is 4.61. The molecule has 0 radical (unpaired) electrons. The number of amides is 1. The van der Waals surface area contributed by atoms with Crippen LogP contribution in [0.5, 0.6) is 0 Å². The summed E-state index contributed by atoms with van der Waals surface area (Å²) in [7, 11) is 0. The fourth-order valence-electron chi connectivity index (χ4n) is 3.11. The summed E-state index contributed by atoms with van der Waals surface area (Å²) in [6.07, 6.45) is 0.791. The highest BCUT2D eigenvalue weighted by atomic mass is 16.5. The smallest absolute Gasteiger partial charge is 0.241 e. The summed E-state index contributed by atoms with van der Waals surface area (Å²) in [6, 6.07) is 10.0. The molecule has 1 amide bonds. The first kappa shape index (κ1) is 23.1. The van der Waals surface area contributed by atoms with Crippen LogP contribution in [0.15, 0.2) is 35.3 Å². The van der Waals surface area contributed by atoms with Crippen LogP contribution in [0.25, 0.3) is 0 Å². The summed E-state index contributed by atoms with van der Waals surface area (Å²) in [5, 5.41) is 19.8. The second-order valence-electron chi connectivity index (χ2n) is 7.52. The van der Waals surface area contributed by atoms with E-state index in [1.54, 1.807) is 6.92 Å². The normalized spacial score (nSPS) is 17.4. The van der Waals surface area contributed by atoms with Crippen molar-refractivity contribution in [2.45, 2.75) is 25.9 Å². The van der Waals surface area contributed by atoms with Gasteiger partial charge < -0.3 is 25.8 Å². The first-order valence-corrected chi connectivity index (χ1v) is 10.3. The molecule has 1 heterocycles. The molecule has 0 aliphatic carbocycles. The highest BCUT2D eigenvalue weighted by Gasteiger charge is 2.25. The van der Waals surface area contributed by atoms with Gasteiger partial charge in [0.2, 0.25) is 5.91 Å². The summed E-state index contributed by atoms with van der Waals surface area (Å²) in [4.78, 5) is 18.6. The van der Waals surface area contributed by atoms with Gasteiger partial charge in [-0.3, -0.25) is 9.69 Å². The summed E-state index contributed by atoms with van der Waals surface area (Å²) in [5.74, 6) is 0.395. The van der Waals surface area contributed by atoms with E-state index in [1.807, 2.05) is 37.3 Å². The maximum atomic E-state index is 12.1. The van der Waals surface area contributed by atoms with Gasteiger partial charge in [0.1, 0.15) is 6.54 Å². The number of nitrogens with zero attached hydrogens (tertiary/aromatic N) is 2. The third-order valence-electron chi connectivity index (χ3n) is 4.61. The number of benzene rings is 1. The molecule has 1 aliphatic rings. The molecule has 0 saturated carbocycles. The van der Waals surface area contributed by atoms with Gasteiger partial charge in [0, 0.05) is 39.3 Å². The molecular formula is C21H35N5O3. The first-order valence-electron chi connectivity index (χ1n) is 10.3. The van der Waals surface area contributed by atoms with E-state index < -0.39 is 5.60 Å². The summed E-state index contributed by atoms with van der Waals surface area (Å²) in [5.41, 5.74) is 0.277. The molecule has 1 fully saturated rings. The molecule has 8 heteroatoms. The number of carbonyl (C=O) groups is 1. The first-order chi connectivity index (χ1) is 14.0. The van der Waals surface area contributed by atoms with E-state index >= 15 is 0 Å². The van der Waals surface area contributed by atoms with Crippen LogP contribution in [0.3, 0.4) is 0 Å². The Balaban J connectivity index is 1.73. The molecule has 0 bridgehead atoms. The van der Waals surface area contributed by atoms with Crippen molar-refractivity contribution in [3.05, 3.63) is 35.9 Å². The zero-order chi connectivity index (χ0) is 21.0. The van der Waals surface area contributed by atoms with Crippen LogP contribution in [0.2, 0.25) is 0 Å². The predicted octanol–water partition coefficient (Wildman–Crippen LogP) is -0.0164. The quantitative estimate of drug-likeness (QED) is 0.323. The summed E-state index contributed by atoms with van der Waals surface area (Å²) < 4.78 is 5.35. The fourth-order valence-corrected chi connectivity index (χ4v) is 3.11. The number of aliphatic hydroxyl groups is 1. The highest BCUT2D eigenvalue weighted by Crippen LogP contribution is 2.07. The van der Waals surface area contributed by atoms with Gasteiger partial charge >= 0.3 is 0 Å². The Morgan fingerprint density at radius 2 is 1.93 bits per heavy atom. The number of nitrogens with one attached hydrogen (secondary N) is 3. The number of β-amino-alcohol motifs (C(OH)–C–C–N with tert-alkyl or cyclic N) is 1. The summed E-state index contributed by atoms with van der Waals surface area (Å²) in [6.45, 7) is 9.01. The largest absolute Gasteiger partial charge is 0.387 e. The van der Waals surface area contributed by atoms with Gasteiger partial charge in [-0.05, 0) is 25.8 Å². The number of rotatable bonds is 10. The van der Waals surface area contributed by atoms with Crippen LogP contribution in [-0.2, 0) is 16.0 Å². The monoisotopic (exact) mass is 405 g/mol. The van der Waals surface area contributed by atoms with Crippen molar-refractivity contribution in [3.63, 3.8) is 0 Å². The van der Waals surface area contributed by atoms with E-state index in [-0.39, 0.29) is 12.5 Å². The highest BCUT2D eigenvalue weighted by molar-refractivity contribution is 5.84. The van der Waals surface area contributed by atoms with Crippen molar-refractivity contribution in [2.75, 3.05) is 59.0 Å². The van der Waals surface area contributed by atoms with Crippen molar-refractivity contribution in [2.24, 2.45) is 4.99 Å². The van der Waals surface area contributed by atoms with Gasteiger partial charge in [-0.25, -0.2) is 4.99 Å². The van der Waals surface area contributed by atoms with Crippen LogP contribution in [0.1, 0.15) is 19.4 Å². The molecule has 1 aromatic rings. The molecule has 0 spiro atoms. The third kappa shape index (κ3) is 9.74. The lowest BCUT2D eigenvalue weighted by Gasteiger charge is -2.34. The number of carbonyl (C=O) groups excluding carboxylic acids is 1. The molecule has 4 N–H and O–H groups in total. The Bertz CT molecular complexity index is 630. The summed E-state index contributed by atoms with van der Waals surface area (Å²) >= 11 is 0. The molecule has 1 saturated heterocycles. The molecular weight excluding hydrogens is 370 g/mol. The van der Waals surface area contributed by atoms with E-state index in [4.69, 9.17) is 4.74 Å². The van der Waals surface area contributed by atoms with E-state index in [0.29, 0.717) is 45.4 Å². The van der Waals surface area contributed by atoms with Crippen LogP contribution >= 0.6 is 0 Å². The molecule has 0 aromatic heterocycles. The van der Waals surface area contributed by atoms with Gasteiger partial charge in [-0.1, -0.05) is 30.3 Å². The zero-order valence-corrected chi connectivity index (χ0v) is 17.6. The van der Waals surface area contributed by atoms with Gasteiger partial charge in [-0.2, -0.15) is 0 Å². The second kappa shape index (κ2) is 12.4. The Labute approximate surface area is 173 Å². The lowest BCUT2D eigenvalue weighted by Crippen LogP contribution is -2.53. The average Bonchev–Trinajstić information content (AvgIpc) is 2.71. The number of hydrogen-bond donors (Lipinski definition) is 4. The molecule has 162 valence electrons.